The van der Waals surface area contributed by atoms with E-state index in [2.05, 4.69) is 36.6 Å². The largest absolute Gasteiger partial charge is 0.328 e. The maximum absolute atomic E-state index is 5.78. The van der Waals surface area contributed by atoms with E-state index in [1.165, 1.54) is 5.69 Å². The Morgan fingerprint density at radius 3 is 2.47 bits per heavy atom. The van der Waals surface area contributed by atoms with Crippen LogP contribution in [0.1, 0.15) is 39.1 Å². The van der Waals surface area contributed by atoms with Crippen molar-refractivity contribution in [2.45, 2.75) is 53.1 Å². The number of nitrogens with zero attached hydrogens (tertiary/aromatic N) is 2. The van der Waals surface area contributed by atoms with Crippen molar-refractivity contribution in [2.75, 3.05) is 0 Å². The highest BCUT2D eigenvalue weighted by molar-refractivity contribution is 5.12. The monoisotopic (exact) mass is 209 g/mol. The van der Waals surface area contributed by atoms with Crippen LogP contribution in [0.2, 0.25) is 0 Å². The van der Waals surface area contributed by atoms with Gasteiger partial charge in [-0.2, -0.15) is 5.10 Å². The van der Waals surface area contributed by atoms with Gasteiger partial charge < -0.3 is 5.73 Å². The zero-order valence-electron chi connectivity index (χ0n) is 10.3. The van der Waals surface area contributed by atoms with E-state index >= 15 is 0 Å². The van der Waals surface area contributed by atoms with E-state index in [1.807, 2.05) is 6.92 Å². The number of rotatable bonds is 5. The summed E-state index contributed by atoms with van der Waals surface area (Å²) in [6.45, 7) is 9.57. The minimum Gasteiger partial charge on any atom is -0.328 e. The lowest BCUT2D eigenvalue weighted by Gasteiger charge is -2.06. The van der Waals surface area contributed by atoms with Gasteiger partial charge in [-0.15, -0.1) is 0 Å². The topological polar surface area (TPSA) is 43.8 Å². The van der Waals surface area contributed by atoms with Crippen LogP contribution in [0.3, 0.4) is 0 Å². The molecule has 0 aliphatic heterocycles. The van der Waals surface area contributed by atoms with Crippen molar-refractivity contribution < 1.29 is 0 Å². The summed E-state index contributed by atoms with van der Waals surface area (Å²) in [6.07, 6.45) is 1.97. The predicted molar refractivity (Wildman–Crippen MR) is 63.8 cm³/mol. The number of aryl methyl sites for hydroxylation is 1. The van der Waals surface area contributed by atoms with Crippen LogP contribution in [-0.4, -0.2) is 15.8 Å². The zero-order valence-corrected chi connectivity index (χ0v) is 10.3. The molecule has 86 valence electrons. The summed E-state index contributed by atoms with van der Waals surface area (Å²) in [6, 6.07) is 2.39. The van der Waals surface area contributed by atoms with Crippen molar-refractivity contribution in [1.29, 1.82) is 0 Å². The van der Waals surface area contributed by atoms with E-state index < -0.39 is 0 Å². The second-order valence-corrected chi connectivity index (χ2v) is 4.72. The van der Waals surface area contributed by atoms with Gasteiger partial charge in [-0.1, -0.05) is 13.8 Å². The number of aromatic nitrogens is 2. The third-order valence-electron chi connectivity index (χ3n) is 2.36. The van der Waals surface area contributed by atoms with Crippen molar-refractivity contribution in [2.24, 2.45) is 11.7 Å². The molecular formula is C12H23N3. The Morgan fingerprint density at radius 1 is 1.33 bits per heavy atom. The van der Waals surface area contributed by atoms with Crippen molar-refractivity contribution in [3.63, 3.8) is 0 Å². The van der Waals surface area contributed by atoms with Crippen LogP contribution in [0.4, 0.5) is 0 Å². The van der Waals surface area contributed by atoms with Gasteiger partial charge in [0.1, 0.15) is 0 Å². The van der Waals surface area contributed by atoms with Crippen LogP contribution in [0, 0.1) is 5.92 Å². The van der Waals surface area contributed by atoms with Gasteiger partial charge in [-0.05, 0) is 32.3 Å². The standard InChI is InChI=1S/C12H23N3/c1-5-15-12(6-9(2)3)8-11(14-15)7-10(4)13/h8-10H,5-7,13H2,1-4H3. The summed E-state index contributed by atoms with van der Waals surface area (Å²) in [7, 11) is 0. The van der Waals surface area contributed by atoms with Crippen LogP contribution >= 0.6 is 0 Å². The lowest BCUT2D eigenvalue weighted by atomic mass is 10.1. The Morgan fingerprint density at radius 2 is 2.00 bits per heavy atom. The lowest BCUT2D eigenvalue weighted by molar-refractivity contribution is 0.557. The summed E-state index contributed by atoms with van der Waals surface area (Å²) in [5.74, 6) is 0.676. The molecule has 0 aliphatic carbocycles. The van der Waals surface area contributed by atoms with E-state index in [1.54, 1.807) is 0 Å². The molecule has 3 heteroatoms. The summed E-state index contributed by atoms with van der Waals surface area (Å²) >= 11 is 0. The maximum Gasteiger partial charge on any atom is 0.0642 e. The molecule has 0 aliphatic rings. The molecule has 0 aromatic carbocycles. The Hall–Kier alpha value is -0.830. The molecule has 1 atom stereocenters. The third-order valence-corrected chi connectivity index (χ3v) is 2.36. The van der Waals surface area contributed by atoms with Crippen LogP contribution in [0.5, 0.6) is 0 Å². The van der Waals surface area contributed by atoms with Gasteiger partial charge in [0.2, 0.25) is 0 Å². The Balaban J connectivity index is 2.80. The second-order valence-electron chi connectivity index (χ2n) is 4.72. The first kappa shape index (κ1) is 12.2. The van der Waals surface area contributed by atoms with E-state index in [-0.39, 0.29) is 6.04 Å². The number of hydrogen-bond donors (Lipinski definition) is 1. The summed E-state index contributed by atoms with van der Waals surface area (Å²) in [5.41, 5.74) is 8.24. The zero-order chi connectivity index (χ0) is 11.4. The maximum atomic E-state index is 5.78. The average molecular weight is 209 g/mol. The molecule has 0 saturated heterocycles. The van der Waals surface area contributed by atoms with E-state index in [0.29, 0.717) is 5.92 Å². The molecule has 1 aromatic rings. The molecule has 0 bridgehead atoms. The van der Waals surface area contributed by atoms with E-state index in [9.17, 15) is 0 Å². The van der Waals surface area contributed by atoms with Gasteiger partial charge in [-0.25, -0.2) is 0 Å². The predicted octanol–water partition coefficient (Wildman–Crippen LogP) is 1.99. The highest BCUT2D eigenvalue weighted by Gasteiger charge is 2.09. The first-order chi connectivity index (χ1) is 7.02. The van der Waals surface area contributed by atoms with Gasteiger partial charge in [-0.3, -0.25) is 4.68 Å². The normalized spacial score (nSPS) is 13.5. The van der Waals surface area contributed by atoms with Gasteiger partial charge >= 0.3 is 0 Å². The fraction of sp³-hybridized carbons (Fsp3) is 0.750. The summed E-state index contributed by atoms with van der Waals surface area (Å²) in [5, 5.41) is 4.56. The fourth-order valence-electron chi connectivity index (χ4n) is 1.80. The van der Waals surface area contributed by atoms with Gasteiger partial charge in [0, 0.05) is 24.7 Å². The highest BCUT2D eigenvalue weighted by Crippen LogP contribution is 2.11. The number of hydrogen-bond acceptors (Lipinski definition) is 2. The highest BCUT2D eigenvalue weighted by atomic mass is 15.3. The van der Waals surface area contributed by atoms with Crippen molar-refractivity contribution in [3.8, 4) is 0 Å². The van der Waals surface area contributed by atoms with Gasteiger partial charge in [0.05, 0.1) is 5.69 Å². The molecule has 3 nitrogen and oxygen atoms in total. The van der Waals surface area contributed by atoms with Crippen LogP contribution in [0.15, 0.2) is 6.07 Å². The minimum absolute atomic E-state index is 0.192. The average Bonchev–Trinajstić information content (AvgIpc) is 2.45. The fourth-order valence-corrected chi connectivity index (χ4v) is 1.80. The molecule has 1 rings (SSSR count). The molecule has 0 spiro atoms. The molecule has 0 amide bonds. The van der Waals surface area contributed by atoms with Crippen LogP contribution < -0.4 is 5.73 Å². The first-order valence-electron chi connectivity index (χ1n) is 5.84. The van der Waals surface area contributed by atoms with Crippen molar-refractivity contribution in [1.82, 2.24) is 9.78 Å². The smallest absolute Gasteiger partial charge is 0.0642 e. The molecule has 15 heavy (non-hydrogen) atoms. The molecule has 0 radical (unpaired) electrons. The molecule has 1 aromatic heterocycles. The number of nitrogens with two attached hydrogens (primary N) is 1. The molecule has 1 heterocycles. The molecule has 0 fully saturated rings. The van der Waals surface area contributed by atoms with E-state index in [0.717, 1.165) is 25.1 Å². The summed E-state index contributed by atoms with van der Waals surface area (Å²) < 4.78 is 2.09. The minimum atomic E-state index is 0.192. The molecular weight excluding hydrogens is 186 g/mol. The van der Waals surface area contributed by atoms with Crippen molar-refractivity contribution in [3.05, 3.63) is 17.5 Å². The van der Waals surface area contributed by atoms with E-state index in [4.69, 9.17) is 5.73 Å². The second kappa shape index (κ2) is 5.31. The summed E-state index contributed by atoms with van der Waals surface area (Å²) in [4.78, 5) is 0. The Labute approximate surface area is 92.7 Å². The SMILES string of the molecule is CCn1nc(CC(C)N)cc1CC(C)C. The van der Waals surface area contributed by atoms with Gasteiger partial charge in [0.25, 0.3) is 0 Å². The lowest BCUT2D eigenvalue weighted by Crippen LogP contribution is -2.18. The first-order valence-corrected chi connectivity index (χ1v) is 5.84. The molecule has 0 saturated carbocycles. The Kier molecular flexibility index (Phi) is 4.33. The van der Waals surface area contributed by atoms with Crippen LogP contribution in [0.25, 0.3) is 0 Å². The molecule has 2 N–H and O–H groups in total. The third kappa shape index (κ3) is 3.67. The van der Waals surface area contributed by atoms with Crippen molar-refractivity contribution >= 4 is 0 Å². The quantitative estimate of drug-likeness (QED) is 0.806. The molecule has 1 unspecified atom stereocenters. The Bertz CT molecular complexity index is 300. The van der Waals surface area contributed by atoms with Crippen LogP contribution in [-0.2, 0) is 19.4 Å². The van der Waals surface area contributed by atoms with Gasteiger partial charge in [0.15, 0.2) is 0 Å².